The van der Waals surface area contributed by atoms with Crippen molar-refractivity contribution in [1.82, 2.24) is 9.55 Å². The number of H-pyrrole nitrogens is 1. The fourth-order valence-electron chi connectivity index (χ4n) is 0.770. The molecule has 0 spiro atoms. The molecule has 0 fully saturated rings. The second kappa shape index (κ2) is 3.53. The zero-order chi connectivity index (χ0) is 9.14. The highest BCUT2D eigenvalue weighted by Crippen LogP contribution is 1.93. The number of nitrogens with zero attached hydrogens (tertiary/aromatic N) is 1. The van der Waals surface area contributed by atoms with Crippen LogP contribution >= 0.6 is 15.9 Å². The smallest absolute Gasteiger partial charge is 0.303 e. The van der Waals surface area contributed by atoms with Crippen LogP contribution in [0.5, 0.6) is 0 Å². The minimum Gasteiger partial charge on any atom is -0.303 e. The molecule has 0 amide bonds. The minimum absolute atomic E-state index is 0.381. The van der Waals surface area contributed by atoms with E-state index in [1.807, 2.05) is 0 Å². The topological polar surface area (TPSA) is 54.9 Å². The van der Waals surface area contributed by atoms with Gasteiger partial charge in [-0.25, -0.2) is 4.79 Å². The predicted octanol–water partition coefficient (Wildman–Crippen LogP) is 0.439. The van der Waals surface area contributed by atoms with Crippen LogP contribution in [0.3, 0.4) is 0 Å². The van der Waals surface area contributed by atoms with Crippen molar-refractivity contribution < 1.29 is 0 Å². The molecule has 1 aromatic heterocycles. The summed E-state index contributed by atoms with van der Waals surface area (Å²) in [6.07, 6.45) is 3.04. The average molecular weight is 231 g/mol. The Kier molecular flexibility index (Phi) is 2.65. The summed E-state index contributed by atoms with van der Waals surface area (Å²) in [5.74, 6) is 0. The van der Waals surface area contributed by atoms with Crippen molar-refractivity contribution in [2.24, 2.45) is 7.05 Å². The van der Waals surface area contributed by atoms with Gasteiger partial charge in [-0.3, -0.25) is 9.78 Å². The number of aryl methyl sites for hydroxylation is 1. The van der Waals surface area contributed by atoms with Crippen molar-refractivity contribution >= 4 is 22.0 Å². The molecule has 4 nitrogen and oxygen atoms in total. The Morgan fingerprint density at radius 2 is 2.25 bits per heavy atom. The summed E-state index contributed by atoms with van der Waals surface area (Å²) in [4.78, 5) is 25.6. The van der Waals surface area contributed by atoms with Gasteiger partial charge in [0.2, 0.25) is 0 Å². The van der Waals surface area contributed by atoms with Crippen molar-refractivity contribution in [1.29, 1.82) is 0 Å². The van der Waals surface area contributed by atoms with E-state index in [2.05, 4.69) is 20.9 Å². The first-order valence-electron chi connectivity index (χ1n) is 3.22. The summed E-state index contributed by atoms with van der Waals surface area (Å²) in [6, 6.07) is 0. The quantitative estimate of drug-likeness (QED) is 0.762. The summed E-state index contributed by atoms with van der Waals surface area (Å²) in [7, 11) is 1.57. The Morgan fingerprint density at radius 1 is 1.58 bits per heavy atom. The van der Waals surface area contributed by atoms with Gasteiger partial charge in [0, 0.05) is 13.2 Å². The molecule has 1 aromatic rings. The van der Waals surface area contributed by atoms with Crippen molar-refractivity contribution in [3.05, 3.63) is 37.6 Å². The van der Waals surface area contributed by atoms with Gasteiger partial charge in [0.25, 0.3) is 5.56 Å². The SMILES string of the molecule is Cn1cc(C=CBr)c(=O)[nH]c1=O. The summed E-state index contributed by atoms with van der Waals surface area (Å²) in [5.41, 5.74) is -0.352. The van der Waals surface area contributed by atoms with E-state index < -0.39 is 5.69 Å². The van der Waals surface area contributed by atoms with E-state index in [-0.39, 0.29) is 5.56 Å². The van der Waals surface area contributed by atoms with E-state index in [0.29, 0.717) is 5.56 Å². The maximum Gasteiger partial charge on any atom is 0.328 e. The average Bonchev–Trinajstić information content (AvgIpc) is 2.01. The minimum atomic E-state index is -0.410. The van der Waals surface area contributed by atoms with Crippen LogP contribution in [0.1, 0.15) is 5.56 Å². The molecule has 0 bridgehead atoms. The van der Waals surface area contributed by atoms with Crippen molar-refractivity contribution in [3.8, 4) is 0 Å². The van der Waals surface area contributed by atoms with Gasteiger partial charge in [0.05, 0.1) is 5.56 Å². The first kappa shape index (κ1) is 8.99. The van der Waals surface area contributed by atoms with Crippen LogP contribution in [-0.4, -0.2) is 9.55 Å². The molecular weight excluding hydrogens is 224 g/mol. The Bertz CT molecular complexity index is 416. The molecule has 0 unspecified atom stereocenters. The number of halogens is 1. The number of aromatic nitrogens is 2. The van der Waals surface area contributed by atoms with Crippen LogP contribution in [-0.2, 0) is 7.05 Å². The summed E-state index contributed by atoms with van der Waals surface area (Å²) >= 11 is 3.04. The number of hydrogen-bond acceptors (Lipinski definition) is 2. The van der Waals surface area contributed by atoms with Gasteiger partial charge in [0.15, 0.2) is 0 Å². The third-order valence-electron chi connectivity index (χ3n) is 1.38. The normalized spacial score (nSPS) is 10.8. The summed E-state index contributed by atoms with van der Waals surface area (Å²) in [6.45, 7) is 0. The second-order valence-corrected chi connectivity index (χ2v) is 2.78. The van der Waals surface area contributed by atoms with Crippen molar-refractivity contribution in [2.75, 3.05) is 0 Å². The van der Waals surface area contributed by atoms with Gasteiger partial charge in [-0.2, -0.15) is 0 Å². The van der Waals surface area contributed by atoms with Crippen molar-refractivity contribution in [2.45, 2.75) is 0 Å². The lowest BCUT2D eigenvalue weighted by atomic mass is 10.3. The van der Waals surface area contributed by atoms with E-state index in [4.69, 9.17) is 0 Å². The van der Waals surface area contributed by atoms with E-state index in [1.54, 1.807) is 18.1 Å². The van der Waals surface area contributed by atoms with E-state index in [0.717, 1.165) is 0 Å². The van der Waals surface area contributed by atoms with E-state index in [9.17, 15) is 9.59 Å². The molecule has 64 valence electrons. The largest absolute Gasteiger partial charge is 0.328 e. The van der Waals surface area contributed by atoms with Crippen LogP contribution < -0.4 is 11.2 Å². The molecule has 0 saturated carbocycles. The van der Waals surface area contributed by atoms with Gasteiger partial charge in [-0.05, 0) is 11.1 Å². The Balaban J connectivity index is 3.43. The number of hydrogen-bond donors (Lipinski definition) is 1. The maximum absolute atomic E-state index is 11.0. The van der Waals surface area contributed by atoms with Crippen LogP contribution in [0.2, 0.25) is 0 Å². The van der Waals surface area contributed by atoms with Gasteiger partial charge in [-0.1, -0.05) is 15.9 Å². The molecule has 1 N–H and O–H groups in total. The lowest BCUT2D eigenvalue weighted by Gasteiger charge is -1.95. The monoisotopic (exact) mass is 230 g/mol. The third kappa shape index (κ3) is 1.73. The van der Waals surface area contributed by atoms with Crippen molar-refractivity contribution in [3.63, 3.8) is 0 Å². The Morgan fingerprint density at radius 3 is 2.83 bits per heavy atom. The van der Waals surface area contributed by atoms with E-state index in [1.165, 1.54) is 10.8 Å². The highest BCUT2D eigenvalue weighted by atomic mass is 79.9. The first-order valence-corrected chi connectivity index (χ1v) is 4.13. The Hall–Kier alpha value is -1.10. The number of rotatable bonds is 1. The molecule has 0 saturated heterocycles. The van der Waals surface area contributed by atoms with Gasteiger partial charge in [-0.15, -0.1) is 0 Å². The molecule has 0 aromatic carbocycles. The molecule has 12 heavy (non-hydrogen) atoms. The highest BCUT2D eigenvalue weighted by molar-refractivity contribution is 9.11. The molecule has 0 atom stereocenters. The molecular formula is C7H7BrN2O2. The molecule has 1 heterocycles. The van der Waals surface area contributed by atoms with E-state index >= 15 is 0 Å². The van der Waals surface area contributed by atoms with Crippen LogP contribution in [0, 0.1) is 0 Å². The first-order chi connectivity index (χ1) is 5.65. The molecule has 1 rings (SSSR count). The molecule has 0 aliphatic heterocycles. The van der Waals surface area contributed by atoms with Gasteiger partial charge in [0.1, 0.15) is 0 Å². The highest BCUT2D eigenvalue weighted by Gasteiger charge is 1.96. The van der Waals surface area contributed by atoms with Gasteiger partial charge >= 0.3 is 5.69 Å². The maximum atomic E-state index is 11.0. The van der Waals surface area contributed by atoms with Crippen LogP contribution in [0.25, 0.3) is 6.08 Å². The standard InChI is InChI=1S/C7H7BrN2O2/c1-10-4-5(2-3-8)6(11)9-7(10)12/h2-4H,1H3,(H,9,11,12). The molecule has 0 aliphatic rings. The fraction of sp³-hybridized carbons (Fsp3) is 0.143. The van der Waals surface area contributed by atoms with Crippen LogP contribution in [0.4, 0.5) is 0 Å². The fourth-order valence-corrected chi connectivity index (χ4v) is 1.05. The molecule has 0 aliphatic carbocycles. The van der Waals surface area contributed by atoms with Gasteiger partial charge < -0.3 is 4.57 Å². The zero-order valence-electron chi connectivity index (χ0n) is 6.37. The number of aromatic amines is 1. The lowest BCUT2D eigenvalue weighted by molar-refractivity contribution is 0.796. The number of nitrogens with one attached hydrogen (secondary N) is 1. The zero-order valence-corrected chi connectivity index (χ0v) is 7.96. The Labute approximate surface area is 76.7 Å². The summed E-state index contributed by atoms with van der Waals surface area (Å²) < 4.78 is 1.31. The lowest BCUT2D eigenvalue weighted by Crippen LogP contribution is -2.28. The van der Waals surface area contributed by atoms with Crippen LogP contribution in [0.15, 0.2) is 20.8 Å². The predicted molar refractivity (Wildman–Crippen MR) is 50.3 cm³/mol. The second-order valence-electron chi connectivity index (χ2n) is 2.25. The molecule has 0 radical (unpaired) electrons. The molecule has 5 heteroatoms. The third-order valence-corrected chi connectivity index (χ3v) is 1.64. The summed E-state index contributed by atoms with van der Waals surface area (Å²) in [5, 5.41) is 0.